The van der Waals surface area contributed by atoms with Crippen molar-refractivity contribution in [2.24, 2.45) is 11.8 Å². The number of aliphatic hydroxyl groups excluding tert-OH is 1. The zero-order valence-electron chi connectivity index (χ0n) is 10.6. The quantitative estimate of drug-likeness (QED) is 0.572. The molecule has 1 rings (SSSR count). The molecule has 17 heavy (non-hydrogen) atoms. The summed E-state index contributed by atoms with van der Waals surface area (Å²) in [4.78, 5) is 0. The third kappa shape index (κ3) is 3.93. The molecule has 0 aromatic rings. The molecular weight excluding hydrogens is 219 g/mol. The van der Waals surface area contributed by atoms with E-state index in [1.54, 1.807) is 13.0 Å². The maximum Gasteiger partial charge on any atom is 0.186 e. The molecule has 1 saturated carbocycles. The van der Waals surface area contributed by atoms with E-state index in [4.69, 9.17) is 4.74 Å². The Morgan fingerprint density at radius 3 is 2.53 bits per heavy atom. The number of rotatable bonds is 6. The fourth-order valence-corrected chi connectivity index (χ4v) is 2.47. The second-order valence-corrected chi connectivity index (χ2v) is 4.68. The second kappa shape index (κ2) is 6.92. The molecule has 0 aromatic carbocycles. The maximum absolute atomic E-state index is 13.9. The van der Waals surface area contributed by atoms with Gasteiger partial charge in [-0.05, 0) is 44.4 Å². The highest BCUT2D eigenvalue weighted by atomic mass is 19.1. The van der Waals surface area contributed by atoms with Crippen LogP contribution in [0.4, 0.5) is 4.39 Å². The maximum atomic E-state index is 13.9. The highest BCUT2D eigenvalue weighted by Gasteiger charge is 2.32. The highest BCUT2D eigenvalue weighted by molar-refractivity contribution is 5.15. The molecule has 2 atom stereocenters. The lowest BCUT2D eigenvalue weighted by Crippen LogP contribution is -2.34. The molecule has 3 heteroatoms. The van der Waals surface area contributed by atoms with Gasteiger partial charge in [0.05, 0.1) is 0 Å². The minimum Gasteiger partial charge on any atom is -0.366 e. The summed E-state index contributed by atoms with van der Waals surface area (Å²) in [6.07, 6.45) is 2.65. The van der Waals surface area contributed by atoms with Crippen LogP contribution in [0.1, 0.15) is 32.6 Å². The number of aliphatic hydroxyl groups is 1. The Hall–Kier alpha value is -0.670. The van der Waals surface area contributed by atoms with E-state index < -0.39 is 12.5 Å². The molecule has 1 aliphatic carbocycles. The van der Waals surface area contributed by atoms with Gasteiger partial charge in [-0.2, -0.15) is 0 Å². The van der Waals surface area contributed by atoms with Gasteiger partial charge in [-0.1, -0.05) is 24.8 Å². The Morgan fingerprint density at radius 2 is 2.06 bits per heavy atom. The average molecular weight is 242 g/mol. The molecular formula is C14H23FO2. The number of ether oxygens (including phenoxy) is 1. The third-order valence-corrected chi connectivity index (χ3v) is 3.62. The summed E-state index contributed by atoms with van der Waals surface area (Å²) in [6.45, 7) is 9.74. The molecule has 0 aliphatic heterocycles. The fraction of sp³-hybridized carbons (Fsp3) is 0.714. The Morgan fingerprint density at radius 1 is 1.47 bits per heavy atom. The molecule has 0 aromatic heterocycles. The van der Waals surface area contributed by atoms with Gasteiger partial charge in [-0.15, -0.1) is 0 Å². The van der Waals surface area contributed by atoms with E-state index in [0.717, 1.165) is 31.3 Å². The van der Waals surface area contributed by atoms with Crippen molar-refractivity contribution in [3.8, 4) is 0 Å². The van der Waals surface area contributed by atoms with E-state index >= 15 is 0 Å². The second-order valence-electron chi connectivity index (χ2n) is 4.68. The van der Waals surface area contributed by atoms with Gasteiger partial charge in [-0.3, -0.25) is 0 Å². The van der Waals surface area contributed by atoms with Crippen molar-refractivity contribution in [1.29, 1.82) is 0 Å². The fourth-order valence-electron chi connectivity index (χ4n) is 2.47. The average Bonchev–Trinajstić information content (AvgIpc) is 2.37. The van der Waals surface area contributed by atoms with E-state index in [0.29, 0.717) is 12.5 Å². The molecule has 1 fully saturated rings. The number of alkyl halides is 1. The minimum atomic E-state index is -1.27. The topological polar surface area (TPSA) is 29.5 Å². The summed E-state index contributed by atoms with van der Waals surface area (Å²) in [7, 11) is 0. The van der Waals surface area contributed by atoms with Crippen LogP contribution in [0, 0.1) is 11.8 Å². The number of hydrogen-bond donors (Lipinski definition) is 1. The largest absolute Gasteiger partial charge is 0.366 e. The molecule has 0 spiro atoms. The van der Waals surface area contributed by atoms with Gasteiger partial charge in [0.25, 0.3) is 0 Å². The normalized spacial score (nSPS) is 28.4. The first-order chi connectivity index (χ1) is 8.10. The molecule has 1 aliphatic rings. The van der Waals surface area contributed by atoms with Crippen LogP contribution in [-0.4, -0.2) is 24.2 Å². The van der Waals surface area contributed by atoms with Crippen molar-refractivity contribution in [2.45, 2.75) is 45.1 Å². The Bertz CT molecular complexity index is 257. The molecule has 98 valence electrons. The molecule has 0 bridgehead atoms. The van der Waals surface area contributed by atoms with Crippen molar-refractivity contribution >= 4 is 0 Å². The van der Waals surface area contributed by atoms with Crippen LogP contribution < -0.4 is 0 Å². The zero-order valence-corrected chi connectivity index (χ0v) is 10.6. The summed E-state index contributed by atoms with van der Waals surface area (Å²) in [5.74, 6) is 0.339. The van der Waals surface area contributed by atoms with Crippen LogP contribution in [0.25, 0.3) is 0 Å². The van der Waals surface area contributed by atoms with Gasteiger partial charge in [0.1, 0.15) is 0 Å². The van der Waals surface area contributed by atoms with Gasteiger partial charge < -0.3 is 9.84 Å². The Balaban J connectivity index is 2.40. The summed E-state index contributed by atoms with van der Waals surface area (Å²) < 4.78 is 18.8. The molecule has 0 radical (unpaired) electrons. The standard InChI is InChI=1S/C14H23FO2/c1-4-10(3)11-6-8-12(9-7-11)13(15)14(16)17-5-2/h4,11-14,16H,1,3,5-9H2,2H3. The van der Waals surface area contributed by atoms with Crippen molar-refractivity contribution < 1.29 is 14.2 Å². The first-order valence-electron chi connectivity index (χ1n) is 6.35. The predicted octanol–water partition coefficient (Wildman–Crippen LogP) is 3.23. The molecule has 0 amide bonds. The van der Waals surface area contributed by atoms with Crippen LogP contribution in [0.5, 0.6) is 0 Å². The number of allylic oxidation sites excluding steroid dienone is 2. The van der Waals surface area contributed by atoms with Crippen molar-refractivity contribution in [2.75, 3.05) is 6.61 Å². The first-order valence-corrected chi connectivity index (χ1v) is 6.35. The zero-order chi connectivity index (χ0) is 12.8. The van der Waals surface area contributed by atoms with Gasteiger partial charge in [0, 0.05) is 6.61 Å². The van der Waals surface area contributed by atoms with Gasteiger partial charge in [-0.25, -0.2) is 4.39 Å². The van der Waals surface area contributed by atoms with E-state index in [2.05, 4.69) is 13.2 Å². The molecule has 2 nitrogen and oxygen atoms in total. The van der Waals surface area contributed by atoms with Gasteiger partial charge in [0.15, 0.2) is 12.5 Å². The molecule has 1 N–H and O–H groups in total. The van der Waals surface area contributed by atoms with Crippen molar-refractivity contribution in [1.82, 2.24) is 0 Å². The monoisotopic (exact) mass is 242 g/mol. The van der Waals surface area contributed by atoms with Crippen molar-refractivity contribution in [3.05, 3.63) is 24.8 Å². The van der Waals surface area contributed by atoms with Crippen LogP contribution in [0.3, 0.4) is 0 Å². The lowest BCUT2D eigenvalue weighted by atomic mass is 9.77. The van der Waals surface area contributed by atoms with E-state index in [-0.39, 0.29) is 5.92 Å². The lowest BCUT2D eigenvalue weighted by Gasteiger charge is -2.32. The van der Waals surface area contributed by atoms with Crippen LogP contribution in [-0.2, 0) is 4.74 Å². The number of halogens is 1. The summed E-state index contributed by atoms with van der Waals surface area (Å²) in [6, 6.07) is 0. The molecule has 0 heterocycles. The van der Waals surface area contributed by atoms with E-state index in [1.807, 2.05) is 0 Å². The van der Waals surface area contributed by atoms with Crippen molar-refractivity contribution in [3.63, 3.8) is 0 Å². The predicted molar refractivity (Wildman–Crippen MR) is 67.3 cm³/mol. The Kier molecular flexibility index (Phi) is 5.86. The number of hydrogen-bond acceptors (Lipinski definition) is 2. The summed E-state index contributed by atoms with van der Waals surface area (Å²) in [5.41, 5.74) is 1.05. The Labute approximate surface area is 103 Å². The smallest absolute Gasteiger partial charge is 0.186 e. The molecule has 0 saturated heterocycles. The summed E-state index contributed by atoms with van der Waals surface area (Å²) in [5, 5.41) is 9.46. The first kappa shape index (κ1) is 14.4. The van der Waals surface area contributed by atoms with Gasteiger partial charge >= 0.3 is 0 Å². The third-order valence-electron chi connectivity index (χ3n) is 3.62. The van der Waals surface area contributed by atoms with Crippen LogP contribution in [0.2, 0.25) is 0 Å². The van der Waals surface area contributed by atoms with E-state index in [1.165, 1.54) is 0 Å². The summed E-state index contributed by atoms with van der Waals surface area (Å²) >= 11 is 0. The van der Waals surface area contributed by atoms with Crippen LogP contribution >= 0.6 is 0 Å². The van der Waals surface area contributed by atoms with Gasteiger partial charge in [0.2, 0.25) is 0 Å². The lowest BCUT2D eigenvalue weighted by molar-refractivity contribution is -0.153. The van der Waals surface area contributed by atoms with Crippen LogP contribution in [0.15, 0.2) is 24.8 Å². The highest BCUT2D eigenvalue weighted by Crippen LogP contribution is 2.36. The van der Waals surface area contributed by atoms with E-state index in [9.17, 15) is 9.50 Å². The minimum absolute atomic E-state index is 0.0922. The molecule has 2 unspecified atom stereocenters. The SMILES string of the molecule is C=CC(=C)C1CCC(C(F)C(O)OCC)CC1.